The van der Waals surface area contributed by atoms with E-state index in [9.17, 15) is 12.8 Å². The van der Waals surface area contributed by atoms with Gasteiger partial charge < -0.3 is 15.2 Å². The lowest BCUT2D eigenvalue weighted by Gasteiger charge is -2.12. The van der Waals surface area contributed by atoms with Crippen molar-refractivity contribution in [2.24, 2.45) is 5.73 Å². The molecule has 0 saturated carbocycles. The molecule has 0 saturated heterocycles. The van der Waals surface area contributed by atoms with E-state index < -0.39 is 15.8 Å². The molecule has 0 fully saturated rings. The number of nitrogens with one attached hydrogen (secondary N) is 1. The minimum absolute atomic E-state index is 0.0693. The van der Waals surface area contributed by atoms with Crippen molar-refractivity contribution in [2.75, 3.05) is 33.5 Å². The molecule has 3 N–H and O–H groups in total. The van der Waals surface area contributed by atoms with Gasteiger partial charge in [0.05, 0.1) is 24.7 Å². The topological polar surface area (TPSA) is 90.6 Å². The summed E-state index contributed by atoms with van der Waals surface area (Å²) in [4.78, 5) is -0.0974. The summed E-state index contributed by atoms with van der Waals surface area (Å²) < 4.78 is 50.3. The van der Waals surface area contributed by atoms with Gasteiger partial charge in [-0.05, 0) is 24.6 Å². The third-order valence-electron chi connectivity index (χ3n) is 2.85. The molecule has 0 bridgehead atoms. The van der Waals surface area contributed by atoms with E-state index in [-0.39, 0.29) is 30.2 Å². The molecule has 1 rings (SSSR count). The molecular formula is C13H21FN2O4S. The normalized spacial score (nSPS) is 11.8. The molecule has 0 radical (unpaired) electrons. The van der Waals surface area contributed by atoms with Crippen LogP contribution in [0.25, 0.3) is 0 Å². The lowest BCUT2D eigenvalue weighted by atomic mass is 10.1. The third kappa shape index (κ3) is 5.33. The van der Waals surface area contributed by atoms with Gasteiger partial charge in [-0.15, -0.1) is 0 Å². The monoisotopic (exact) mass is 320 g/mol. The van der Waals surface area contributed by atoms with Gasteiger partial charge >= 0.3 is 0 Å². The van der Waals surface area contributed by atoms with Crippen molar-refractivity contribution in [3.8, 4) is 0 Å². The van der Waals surface area contributed by atoms with Crippen LogP contribution in [0.5, 0.6) is 0 Å². The lowest BCUT2D eigenvalue weighted by Crippen LogP contribution is -2.28. The molecule has 0 spiro atoms. The van der Waals surface area contributed by atoms with Gasteiger partial charge in [0.25, 0.3) is 0 Å². The fourth-order valence-electron chi connectivity index (χ4n) is 1.67. The Labute approximate surface area is 124 Å². The SMILES string of the molecule is COCCOCCNS(=O)(=O)c1cc(CN)cc(F)c1C. The maximum absolute atomic E-state index is 13.7. The zero-order valence-corrected chi connectivity index (χ0v) is 13.0. The van der Waals surface area contributed by atoms with E-state index in [1.165, 1.54) is 19.1 Å². The summed E-state index contributed by atoms with van der Waals surface area (Å²) in [5.41, 5.74) is 5.93. The van der Waals surface area contributed by atoms with Gasteiger partial charge in [-0.2, -0.15) is 0 Å². The quantitative estimate of drug-likeness (QED) is 0.648. The van der Waals surface area contributed by atoms with Crippen LogP contribution in [0.3, 0.4) is 0 Å². The fraction of sp³-hybridized carbons (Fsp3) is 0.538. The third-order valence-corrected chi connectivity index (χ3v) is 4.44. The van der Waals surface area contributed by atoms with Gasteiger partial charge in [0.2, 0.25) is 10.0 Å². The van der Waals surface area contributed by atoms with E-state index in [0.717, 1.165) is 0 Å². The molecule has 0 heterocycles. The van der Waals surface area contributed by atoms with Crippen molar-refractivity contribution in [3.63, 3.8) is 0 Å². The van der Waals surface area contributed by atoms with Crippen LogP contribution in [-0.4, -0.2) is 41.9 Å². The van der Waals surface area contributed by atoms with Crippen molar-refractivity contribution in [1.29, 1.82) is 0 Å². The molecule has 0 unspecified atom stereocenters. The minimum Gasteiger partial charge on any atom is -0.382 e. The minimum atomic E-state index is -3.80. The van der Waals surface area contributed by atoms with E-state index in [1.54, 1.807) is 7.11 Å². The van der Waals surface area contributed by atoms with Gasteiger partial charge in [-0.25, -0.2) is 17.5 Å². The molecule has 0 atom stereocenters. The highest BCUT2D eigenvalue weighted by atomic mass is 32.2. The molecule has 0 aliphatic carbocycles. The number of methoxy groups -OCH3 is 1. The Morgan fingerprint density at radius 1 is 1.29 bits per heavy atom. The number of benzene rings is 1. The van der Waals surface area contributed by atoms with Crippen molar-refractivity contribution >= 4 is 10.0 Å². The van der Waals surface area contributed by atoms with Crippen LogP contribution in [0.4, 0.5) is 4.39 Å². The highest BCUT2D eigenvalue weighted by Crippen LogP contribution is 2.20. The largest absolute Gasteiger partial charge is 0.382 e. The second-order valence-corrected chi connectivity index (χ2v) is 6.14. The molecule has 0 aliphatic rings. The predicted octanol–water partition coefficient (Wildman–Crippen LogP) is 0.534. The molecule has 0 aromatic heterocycles. The van der Waals surface area contributed by atoms with Crippen LogP contribution in [0, 0.1) is 12.7 Å². The van der Waals surface area contributed by atoms with Crippen LogP contribution in [0.15, 0.2) is 17.0 Å². The van der Waals surface area contributed by atoms with E-state index >= 15 is 0 Å². The van der Waals surface area contributed by atoms with Gasteiger partial charge in [0.15, 0.2) is 0 Å². The predicted molar refractivity (Wildman–Crippen MR) is 76.9 cm³/mol. The number of halogens is 1. The summed E-state index contributed by atoms with van der Waals surface area (Å²) in [7, 11) is -2.25. The number of nitrogens with two attached hydrogens (primary N) is 1. The molecule has 8 heteroatoms. The lowest BCUT2D eigenvalue weighted by molar-refractivity contribution is 0.0736. The van der Waals surface area contributed by atoms with Gasteiger partial charge in [0, 0.05) is 25.8 Å². The summed E-state index contributed by atoms with van der Waals surface area (Å²) in [5, 5.41) is 0. The first-order valence-corrected chi connectivity index (χ1v) is 7.96. The molecule has 0 aliphatic heterocycles. The summed E-state index contributed by atoms with van der Waals surface area (Å²) in [6, 6.07) is 2.62. The fourth-order valence-corrected chi connectivity index (χ4v) is 2.99. The molecule has 1 aromatic rings. The van der Waals surface area contributed by atoms with Gasteiger partial charge in [0.1, 0.15) is 5.82 Å². The molecule has 21 heavy (non-hydrogen) atoms. The second-order valence-electron chi connectivity index (χ2n) is 4.41. The molecule has 0 amide bonds. The Bertz CT molecular complexity index is 564. The van der Waals surface area contributed by atoms with Crippen molar-refractivity contribution in [2.45, 2.75) is 18.4 Å². The Morgan fingerprint density at radius 3 is 2.62 bits per heavy atom. The smallest absolute Gasteiger partial charge is 0.241 e. The van der Waals surface area contributed by atoms with Crippen LogP contribution < -0.4 is 10.5 Å². The highest BCUT2D eigenvalue weighted by Gasteiger charge is 2.19. The van der Waals surface area contributed by atoms with E-state index in [1.807, 2.05) is 0 Å². The van der Waals surface area contributed by atoms with Crippen LogP contribution in [0.1, 0.15) is 11.1 Å². The first kappa shape index (κ1) is 18.0. The van der Waals surface area contributed by atoms with Gasteiger partial charge in [-0.3, -0.25) is 0 Å². The first-order chi connectivity index (χ1) is 9.92. The van der Waals surface area contributed by atoms with Gasteiger partial charge in [-0.1, -0.05) is 0 Å². The molecular weight excluding hydrogens is 299 g/mol. The number of hydrogen-bond donors (Lipinski definition) is 2. The molecule has 120 valence electrons. The average molecular weight is 320 g/mol. The summed E-state index contributed by atoms with van der Waals surface area (Å²) in [6.45, 7) is 2.62. The number of ether oxygens (including phenoxy) is 2. The maximum Gasteiger partial charge on any atom is 0.241 e. The highest BCUT2D eigenvalue weighted by molar-refractivity contribution is 7.89. The molecule has 1 aromatic carbocycles. The number of sulfonamides is 1. The zero-order valence-electron chi connectivity index (χ0n) is 12.2. The second kappa shape index (κ2) is 8.40. The zero-order chi connectivity index (χ0) is 15.9. The van der Waals surface area contributed by atoms with E-state index in [2.05, 4.69) is 4.72 Å². The van der Waals surface area contributed by atoms with Crippen LogP contribution >= 0.6 is 0 Å². The van der Waals surface area contributed by atoms with Crippen molar-refractivity contribution in [1.82, 2.24) is 4.72 Å². The Hall–Kier alpha value is -1.06. The maximum atomic E-state index is 13.7. The van der Waals surface area contributed by atoms with Crippen LogP contribution in [0.2, 0.25) is 0 Å². The van der Waals surface area contributed by atoms with Crippen molar-refractivity contribution in [3.05, 3.63) is 29.1 Å². The Balaban J connectivity index is 2.72. The summed E-state index contributed by atoms with van der Waals surface area (Å²) in [6.07, 6.45) is 0. The van der Waals surface area contributed by atoms with E-state index in [0.29, 0.717) is 18.8 Å². The standard InChI is InChI=1S/C13H21FN2O4S/c1-10-12(14)7-11(9-15)8-13(10)21(17,18)16-3-4-20-6-5-19-2/h7-8,16H,3-6,9,15H2,1-2H3. The molecule has 6 nitrogen and oxygen atoms in total. The Morgan fingerprint density at radius 2 is 2.00 bits per heavy atom. The first-order valence-electron chi connectivity index (χ1n) is 6.47. The summed E-state index contributed by atoms with van der Waals surface area (Å²) >= 11 is 0. The number of rotatable bonds is 9. The Kier molecular flexibility index (Phi) is 7.20. The van der Waals surface area contributed by atoms with Crippen LogP contribution in [-0.2, 0) is 26.0 Å². The average Bonchev–Trinajstić information content (AvgIpc) is 2.45. The summed E-state index contributed by atoms with van der Waals surface area (Å²) in [5.74, 6) is -0.588. The van der Waals surface area contributed by atoms with E-state index in [4.69, 9.17) is 15.2 Å². The van der Waals surface area contributed by atoms with Crippen molar-refractivity contribution < 1.29 is 22.3 Å². The number of hydrogen-bond acceptors (Lipinski definition) is 5.